The van der Waals surface area contributed by atoms with Gasteiger partial charge in [-0.25, -0.2) is 13.8 Å². The molecule has 1 rings (SSSR count). The highest BCUT2D eigenvalue weighted by molar-refractivity contribution is 14.1. The SMILES string of the molecule is Cc1cc([N+](=O)[O-])c(C(F)F)nc1I. The number of alkyl halides is 2. The molecular formula is C7H5F2IN2O2. The van der Waals surface area contributed by atoms with Crippen LogP contribution < -0.4 is 0 Å². The Morgan fingerprint density at radius 1 is 1.64 bits per heavy atom. The van der Waals surface area contributed by atoms with Gasteiger partial charge in [-0.1, -0.05) is 0 Å². The summed E-state index contributed by atoms with van der Waals surface area (Å²) in [4.78, 5) is 13.1. The highest BCUT2D eigenvalue weighted by atomic mass is 127. The maximum Gasteiger partial charge on any atom is 0.296 e. The summed E-state index contributed by atoms with van der Waals surface area (Å²) in [5.74, 6) is 0. The molecule has 0 saturated heterocycles. The third-order valence-electron chi connectivity index (χ3n) is 1.56. The van der Waals surface area contributed by atoms with E-state index >= 15 is 0 Å². The second-order valence-electron chi connectivity index (χ2n) is 2.56. The molecule has 0 amide bonds. The molecule has 1 heterocycles. The Labute approximate surface area is 91.6 Å². The highest BCUT2D eigenvalue weighted by Gasteiger charge is 2.24. The molecule has 14 heavy (non-hydrogen) atoms. The molecule has 1 aromatic heterocycles. The first-order valence-corrected chi connectivity index (χ1v) is 4.61. The standard InChI is InChI=1S/C7H5F2IN2O2/c1-3-2-4(12(13)14)5(6(8)9)11-7(3)10/h2,6H,1H3. The Hall–Kier alpha value is -0.860. The van der Waals surface area contributed by atoms with Crippen molar-refractivity contribution in [3.63, 3.8) is 0 Å². The number of nitro groups is 1. The molecule has 0 saturated carbocycles. The largest absolute Gasteiger partial charge is 0.296 e. The molecule has 0 aliphatic heterocycles. The maximum atomic E-state index is 12.3. The molecule has 0 radical (unpaired) electrons. The molecule has 0 aliphatic carbocycles. The zero-order valence-electron chi connectivity index (χ0n) is 7.00. The average Bonchev–Trinajstić information content (AvgIpc) is 2.08. The van der Waals surface area contributed by atoms with Crippen LogP contribution in [-0.2, 0) is 0 Å². The van der Waals surface area contributed by atoms with Crippen LogP contribution in [0.25, 0.3) is 0 Å². The normalized spacial score (nSPS) is 10.6. The molecule has 1 aromatic rings. The molecule has 0 N–H and O–H groups in total. The van der Waals surface area contributed by atoms with Crippen LogP contribution in [0.5, 0.6) is 0 Å². The van der Waals surface area contributed by atoms with Crippen molar-refractivity contribution >= 4 is 28.3 Å². The van der Waals surface area contributed by atoms with Crippen molar-refractivity contribution in [3.8, 4) is 0 Å². The molecule has 0 aromatic carbocycles. The summed E-state index contributed by atoms with van der Waals surface area (Å²) in [6.07, 6.45) is -2.93. The van der Waals surface area contributed by atoms with E-state index in [-0.39, 0.29) is 0 Å². The van der Waals surface area contributed by atoms with Crippen molar-refractivity contribution in [2.75, 3.05) is 0 Å². The lowest BCUT2D eigenvalue weighted by Crippen LogP contribution is -2.02. The van der Waals surface area contributed by atoms with Gasteiger partial charge in [-0.2, -0.15) is 0 Å². The number of aromatic nitrogens is 1. The summed E-state index contributed by atoms with van der Waals surface area (Å²) in [6.45, 7) is 1.58. The molecule has 0 aliphatic rings. The van der Waals surface area contributed by atoms with E-state index in [0.29, 0.717) is 9.26 Å². The van der Waals surface area contributed by atoms with Crippen molar-refractivity contribution in [3.05, 3.63) is 31.1 Å². The van der Waals surface area contributed by atoms with Gasteiger partial charge in [-0.15, -0.1) is 0 Å². The van der Waals surface area contributed by atoms with Crippen LogP contribution in [0.3, 0.4) is 0 Å². The van der Waals surface area contributed by atoms with E-state index in [2.05, 4.69) is 4.98 Å². The van der Waals surface area contributed by atoms with Crippen molar-refractivity contribution in [1.29, 1.82) is 0 Å². The van der Waals surface area contributed by atoms with E-state index in [1.807, 2.05) is 0 Å². The first-order chi connectivity index (χ1) is 6.43. The number of halogens is 3. The van der Waals surface area contributed by atoms with Crippen molar-refractivity contribution in [2.45, 2.75) is 13.3 Å². The van der Waals surface area contributed by atoms with Gasteiger partial charge in [-0.05, 0) is 35.1 Å². The van der Waals surface area contributed by atoms with Crippen LogP contribution in [0.2, 0.25) is 0 Å². The number of hydrogen-bond donors (Lipinski definition) is 0. The monoisotopic (exact) mass is 314 g/mol. The summed E-state index contributed by atoms with van der Waals surface area (Å²) in [7, 11) is 0. The van der Waals surface area contributed by atoms with Crippen LogP contribution in [0.1, 0.15) is 17.7 Å². The number of nitrogens with zero attached hydrogens (tertiary/aromatic N) is 2. The quantitative estimate of drug-likeness (QED) is 0.365. The summed E-state index contributed by atoms with van der Waals surface area (Å²) in [6, 6.07) is 1.11. The molecule has 0 bridgehead atoms. The Morgan fingerprint density at radius 2 is 2.21 bits per heavy atom. The van der Waals surface area contributed by atoms with Gasteiger partial charge in [0.25, 0.3) is 12.1 Å². The van der Waals surface area contributed by atoms with Crippen LogP contribution in [0.4, 0.5) is 14.5 Å². The van der Waals surface area contributed by atoms with Gasteiger partial charge in [0.2, 0.25) is 0 Å². The average molecular weight is 314 g/mol. The number of aryl methyl sites for hydroxylation is 1. The fraction of sp³-hybridized carbons (Fsp3) is 0.286. The zero-order chi connectivity index (χ0) is 10.9. The zero-order valence-corrected chi connectivity index (χ0v) is 9.16. The molecular weight excluding hydrogens is 309 g/mol. The highest BCUT2D eigenvalue weighted by Crippen LogP contribution is 2.29. The first-order valence-electron chi connectivity index (χ1n) is 3.53. The molecule has 0 unspecified atom stereocenters. The lowest BCUT2D eigenvalue weighted by Gasteiger charge is -2.03. The van der Waals surface area contributed by atoms with E-state index in [1.165, 1.54) is 0 Å². The van der Waals surface area contributed by atoms with Crippen LogP contribution in [0.15, 0.2) is 6.07 Å². The van der Waals surface area contributed by atoms with Gasteiger partial charge >= 0.3 is 0 Å². The van der Waals surface area contributed by atoms with E-state index in [4.69, 9.17) is 0 Å². The lowest BCUT2D eigenvalue weighted by molar-refractivity contribution is -0.386. The number of pyridine rings is 1. The minimum atomic E-state index is -2.93. The predicted octanol–water partition coefficient (Wildman–Crippen LogP) is 2.84. The summed E-state index contributed by atoms with van der Waals surface area (Å²) in [5, 5.41) is 10.4. The van der Waals surface area contributed by atoms with Crippen molar-refractivity contribution in [2.24, 2.45) is 0 Å². The fourth-order valence-corrected chi connectivity index (χ4v) is 1.31. The Balaban J connectivity index is 3.39. The molecule has 0 spiro atoms. The Bertz CT molecular complexity index is 384. The first kappa shape index (κ1) is 11.2. The third kappa shape index (κ3) is 2.14. The minimum absolute atomic E-state index is 0.350. The van der Waals surface area contributed by atoms with E-state index in [1.54, 1.807) is 29.5 Å². The fourth-order valence-electron chi connectivity index (χ4n) is 0.897. The Kier molecular flexibility index (Phi) is 3.29. The van der Waals surface area contributed by atoms with Gasteiger partial charge in [0.15, 0.2) is 5.69 Å². The van der Waals surface area contributed by atoms with Gasteiger partial charge in [0.05, 0.1) is 4.92 Å². The van der Waals surface area contributed by atoms with Crippen LogP contribution in [0, 0.1) is 20.7 Å². The second-order valence-corrected chi connectivity index (χ2v) is 3.58. The summed E-state index contributed by atoms with van der Waals surface area (Å²) in [5.41, 5.74) is -0.885. The smallest absolute Gasteiger partial charge is 0.258 e. The lowest BCUT2D eigenvalue weighted by atomic mass is 10.2. The molecule has 4 nitrogen and oxygen atoms in total. The maximum absolute atomic E-state index is 12.3. The molecule has 0 atom stereocenters. The minimum Gasteiger partial charge on any atom is -0.258 e. The van der Waals surface area contributed by atoms with Gasteiger partial charge in [-0.3, -0.25) is 10.1 Å². The number of rotatable bonds is 2. The summed E-state index contributed by atoms with van der Waals surface area (Å²) < 4.78 is 25.0. The van der Waals surface area contributed by atoms with Crippen molar-refractivity contribution in [1.82, 2.24) is 4.98 Å². The van der Waals surface area contributed by atoms with Gasteiger partial charge in [0, 0.05) is 6.07 Å². The van der Waals surface area contributed by atoms with Gasteiger partial charge < -0.3 is 0 Å². The predicted molar refractivity (Wildman–Crippen MR) is 53.3 cm³/mol. The van der Waals surface area contributed by atoms with Crippen LogP contribution >= 0.6 is 22.6 Å². The molecule has 7 heteroatoms. The molecule has 76 valence electrons. The van der Waals surface area contributed by atoms with Crippen molar-refractivity contribution < 1.29 is 13.7 Å². The third-order valence-corrected chi connectivity index (χ3v) is 2.66. The van der Waals surface area contributed by atoms with E-state index in [0.717, 1.165) is 6.07 Å². The van der Waals surface area contributed by atoms with E-state index < -0.39 is 22.7 Å². The summed E-state index contributed by atoms with van der Waals surface area (Å²) >= 11 is 1.76. The number of hydrogen-bond acceptors (Lipinski definition) is 3. The van der Waals surface area contributed by atoms with Crippen LogP contribution in [-0.4, -0.2) is 9.91 Å². The Morgan fingerprint density at radius 3 is 2.64 bits per heavy atom. The topological polar surface area (TPSA) is 56.0 Å². The second kappa shape index (κ2) is 4.11. The van der Waals surface area contributed by atoms with Gasteiger partial charge in [0.1, 0.15) is 3.70 Å². The van der Waals surface area contributed by atoms with E-state index in [9.17, 15) is 18.9 Å². The molecule has 0 fully saturated rings.